The SMILES string of the molecule is CC(NC1C2CCOC2C12CCC2)c1cncc(F)c1. The van der Waals surface area contributed by atoms with Gasteiger partial charge in [0.1, 0.15) is 5.82 Å². The van der Waals surface area contributed by atoms with Crippen molar-refractivity contribution in [3.05, 3.63) is 29.8 Å². The molecule has 3 fully saturated rings. The van der Waals surface area contributed by atoms with Crippen molar-refractivity contribution in [2.24, 2.45) is 11.3 Å². The molecule has 3 nitrogen and oxygen atoms in total. The smallest absolute Gasteiger partial charge is 0.141 e. The van der Waals surface area contributed by atoms with Crippen LogP contribution < -0.4 is 5.32 Å². The molecule has 4 heteroatoms. The molecule has 4 atom stereocenters. The van der Waals surface area contributed by atoms with Gasteiger partial charge in [-0.3, -0.25) is 4.98 Å². The maximum atomic E-state index is 13.3. The average molecular weight is 276 g/mol. The zero-order valence-electron chi connectivity index (χ0n) is 11.8. The van der Waals surface area contributed by atoms with E-state index < -0.39 is 0 Å². The zero-order chi connectivity index (χ0) is 13.7. The van der Waals surface area contributed by atoms with Crippen molar-refractivity contribution in [1.82, 2.24) is 10.3 Å². The Balaban J connectivity index is 1.51. The highest BCUT2D eigenvalue weighted by atomic mass is 19.1. The molecule has 0 radical (unpaired) electrons. The Morgan fingerprint density at radius 1 is 1.45 bits per heavy atom. The van der Waals surface area contributed by atoms with Crippen LogP contribution in [-0.2, 0) is 4.74 Å². The number of nitrogens with one attached hydrogen (secondary N) is 1. The lowest BCUT2D eigenvalue weighted by molar-refractivity contribution is -0.178. The molecule has 1 aliphatic heterocycles. The summed E-state index contributed by atoms with van der Waals surface area (Å²) in [4.78, 5) is 3.95. The third kappa shape index (κ3) is 1.67. The number of rotatable bonds is 3. The minimum absolute atomic E-state index is 0.141. The van der Waals surface area contributed by atoms with E-state index in [9.17, 15) is 4.39 Å². The summed E-state index contributed by atoms with van der Waals surface area (Å²) in [6.07, 6.45) is 8.54. The zero-order valence-corrected chi connectivity index (χ0v) is 11.8. The van der Waals surface area contributed by atoms with E-state index in [0.29, 0.717) is 23.5 Å². The fourth-order valence-electron chi connectivity index (χ4n) is 4.53. The Bertz CT molecular complexity index is 517. The van der Waals surface area contributed by atoms with Crippen LogP contribution in [-0.4, -0.2) is 23.7 Å². The average Bonchev–Trinajstić information content (AvgIpc) is 2.79. The third-order valence-electron chi connectivity index (χ3n) is 5.69. The highest BCUT2D eigenvalue weighted by Crippen LogP contribution is 2.63. The van der Waals surface area contributed by atoms with Crippen molar-refractivity contribution in [2.45, 2.75) is 50.8 Å². The van der Waals surface area contributed by atoms with Gasteiger partial charge >= 0.3 is 0 Å². The lowest BCUT2D eigenvalue weighted by Gasteiger charge is -2.64. The van der Waals surface area contributed by atoms with Gasteiger partial charge in [-0.25, -0.2) is 4.39 Å². The van der Waals surface area contributed by atoms with Gasteiger partial charge in [-0.1, -0.05) is 6.42 Å². The second-order valence-corrected chi connectivity index (χ2v) is 6.63. The Morgan fingerprint density at radius 2 is 2.30 bits per heavy atom. The normalized spacial score (nSPS) is 35.2. The Kier molecular flexibility index (Phi) is 2.86. The Hall–Kier alpha value is -1.00. The maximum absolute atomic E-state index is 13.3. The minimum Gasteiger partial charge on any atom is -0.377 e. The number of nitrogens with zero attached hydrogens (tertiary/aromatic N) is 1. The van der Waals surface area contributed by atoms with Crippen molar-refractivity contribution in [2.75, 3.05) is 6.61 Å². The lowest BCUT2D eigenvalue weighted by Crippen LogP contribution is -2.71. The standard InChI is InChI=1S/C16H21FN2O/c1-10(11-7-12(17)9-18-8-11)19-14-13-3-6-20-15(13)16(14)4-2-5-16/h7-10,13-15,19H,2-6H2,1H3. The van der Waals surface area contributed by atoms with Crippen LogP contribution in [0.4, 0.5) is 4.39 Å². The van der Waals surface area contributed by atoms with E-state index in [4.69, 9.17) is 4.74 Å². The molecule has 0 bridgehead atoms. The number of halogens is 1. The van der Waals surface area contributed by atoms with Crippen LogP contribution in [0, 0.1) is 17.2 Å². The number of hydrogen-bond donors (Lipinski definition) is 1. The van der Waals surface area contributed by atoms with Crippen LogP contribution in [0.5, 0.6) is 0 Å². The Labute approximate surface area is 118 Å². The molecule has 1 N–H and O–H groups in total. The highest BCUT2D eigenvalue weighted by Gasteiger charge is 2.66. The fourth-order valence-corrected chi connectivity index (χ4v) is 4.53. The third-order valence-corrected chi connectivity index (χ3v) is 5.69. The van der Waals surface area contributed by atoms with E-state index in [1.54, 1.807) is 12.3 Å². The number of pyridine rings is 1. The summed E-state index contributed by atoms with van der Waals surface area (Å²) in [5.74, 6) is 0.393. The molecule has 1 aromatic rings. The number of hydrogen-bond acceptors (Lipinski definition) is 3. The van der Waals surface area contributed by atoms with E-state index in [1.807, 2.05) is 0 Å². The minimum atomic E-state index is -0.259. The van der Waals surface area contributed by atoms with Gasteiger partial charge in [-0.15, -0.1) is 0 Å². The van der Waals surface area contributed by atoms with Crippen LogP contribution >= 0.6 is 0 Å². The van der Waals surface area contributed by atoms with E-state index in [0.717, 1.165) is 18.6 Å². The van der Waals surface area contributed by atoms with E-state index >= 15 is 0 Å². The first-order valence-corrected chi connectivity index (χ1v) is 7.69. The predicted octanol–water partition coefficient (Wildman–Crippen LogP) is 2.83. The van der Waals surface area contributed by atoms with Gasteiger partial charge in [0.2, 0.25) is 0 Å². The summed E-state index contributed by atoms with van der Waals surface area (Å²) in [5.41, 5.74) is 1.30. The van der Waals surface area contributed by atoms with E-state index in [2.05, 4.69) is 17.2 Å². The van der Waals surface area contributed by atoms with Crippen molar-refractivity contribution < 1.29 is 9.13 Å². The molecule has 108 valence electrons. The van der Waals surface area contributed by atoms with Crippen molar-refractivity contribution in [3.8, 4) is 0 Å². The highest BCUT2D eigenvalue weighted by molar-refractivity contribution is 5.21. The maximum Gasteiger partial charge on any atom is 0.141 e. The molecule has 0 aromatic carbocycles. The van der Waals surface area contributed by atoms with Crippen LogP contribution in [0.25, 0.3) is 0 Å². The largest absolute Gasteiger partial charge is 0.377 e. The summed E-state index contributed by atoms with van der Waals surface area (Å²) >= 11 is 0. The van der Waals surface area contributed by atoms with Crippen LogP contribution in [0.3, 0.4) is 0 Å². The van der Waals surface area contributed by atoms with Crippen molar-refractivity contribution in [1.29, 1.82) is 0 Å². The van der Waals surface area contributed by atoms with Gasteiger partial charge in [0.15, 0.2) is 0 Å². The molecule has 2 aliphatic carbocycles. The number of fused-ring (bicyclic) bond motifs is 2. The molecule has 4 rings (SSSR count). The first-order valence-electron chi connectivity index (χ1n) is 7.69. The molecule has 1 aromatic heterocycles. The lowest BCUT2D eigenvalue weighted by atomic mass is 9.46. The number of aromatic nitrogens is 1. The fraction of sp³-hybridized carbons (Fsp3) is 0.688. The Morgan fingerprint density at radius 3 is 3.00 bits per heavy atom. The van der Waals surface area contributed by atoms with Gasteiger partial charge in [0, 0.05) is 36.2 Å². The van der Waals surface area contributed by atoms with Crippen LogP contribution in [0.2, 0.25) is 0 Å². The molecule has 20 heavy (non-hydrogen) atoms. The second kappa shape index (κ2) is 4.50. The molecule has 2 saturated carbocycles. The topological polar surface area (TPSA) is 34.1 Å². The van der Waals surface area contributed by atoms with Crippen LogP contribution in [0.15, 0.2) is 18.5 Å². The second-order valence-electron chi connectivity index (χ2n) is 6.63. The van der Waals surface area contributed by atoms with Gasteiger partial charge in [0.05, 0.1) is 12.3 Å². The first-order chi connectivity index (χ1) is 9.71. The summed E-state index contributed by atoms with van der Waals surface area (Å²) < 4.78 is 19.2. The molecule has 1 saturated heterocycles. The quantitative estimate of drug-likeness (QED) is 0.922. The summed E-state index contributed by atoms with van der Waals surface area (Å²) in [6, 6.07) is 2.25. The molecule has 1 spiro atoms. The molecule has 4 unspecified atom stereocenters. The number of ether oxygens (including phenoxy) is 1. The first kappa shape index (κ1) is 12.7. The van der Waals surface area contributed by atoms with Crippen molar-refractivity contribution >= 4 is 0 Å². The molecular weight excluding hydrogens is 255 g/mol. The van der Waals surface area contributed by atoms with Gasteiger partial charge < -0.3 is 10.1 Å². The molecular formula is C16H21FN2O. The molecule has 0 amide bonds. The molecule has 3 aliphatic rings. The monoisotopic (exact) mass is 276 g/mol. The van der Waals surface area contributed by atoms with Gasteiger partial charge in [0.25, 0.3) is 0 Å². The van der Waals surface area contributed by atoms with Crippen molar-refractivity contribution in [3.63, 3.8) is 0 Å². The van der Waals surface area contributed by atoms with Crippen LogP contribution in [0.1, 0.15) is 44.2 Å². The summed E-state index contributed by atoms with van der Waals surface area (Å²) in [5, 5.41) is 3.74. The van der Waals surface area contributed by atoms with Gasteiger partial charge in [-0.2, -0.15) is 0 Å². The van der Waals surface area contributed by atoms with E-state index in [-0.39, 0.29) is 11.9 Å². The van der Waals surface area contributed by atoms with E-state index in [1.165, 1.54) is 25.5 Å². The summed E-state index contributed by atoms with van der Waals surface area (Å²) in [6.45, 7) is 3.01. The predicted molar refractivity (Wildman–Crippen MR) is 73.7 cm³/mol. The molecule has 2 heterocycles. The summed E-state index contributed by atoms with van der Waals surface area (Å²) in [7, 11) is 0. The van der Waals surface area contributed by atoms with Gasteiger partial charge in [-0.05, 0) is 37.8 Å².